The lowest BCUT2D eigenvalue weighted by atomic mass is 9.78. The molecular formula is C38H52N2O13. The fourth-order valence-electron chi connectivity index (χ4n) is 6.63. The molecule has 10 N–H and O–H groups in total. The van der Waals surface area contributed by atoms with Crippen LogP contribution in [0, 0.1) is 30.6 Å². The zero-order chi connectivity index (χ0) is 40.3. The first kappa shape index (κ1) is 42.6. The van der Waals surface area contributed by atoms with Crippen molar-refractivity contribution in [2.45, 2.75) is 92.1 Å². The van der Waals surface area contributed by atoms with Crippen molar-refractivity contribution >= 4 is 28.4 Å². The van der Waals surface area contributed by atoms with E-state index in [2.05, 4.69) is 0 Å². The zero-order valence-corrected chi connectivity index (χ0v) is 31.4. The van der Waals surface area contributed by atoms with Gasteiger partial charge in [-0.1, -0.05) is 45.9 Å². The highest BCUT2D eigenvalue weighted by Crippen LogP contribution is 2.55. The fraction of sp³-hybridized carbons (Fsp3) is 0.500. The van der Waals surface area contributed by atoms with E-state index in [-0.39, 0.29) is 33.2 Å². The highest BCUT2D eigenvalue weighted by molar-refractivity contribution is 6.20. The molecule has 3 rings (SSSR count). The molecule has 1 heterocycles. The number of esters is 1. The maximum atomic E-state index is 13.9. The van der Waals surface area contributed by atoms with Crippen molar-refractivity contribution in [3.05, 3.63) is 52.8 Å². The van der Waals surface area contributed by atoms with E-state index < -0.39 is 101 Å². The Hall–Kier alpha value is -4.83. The number of primary amides is 1. The summed E-state index contributed by atoms with van der Waals surface area (Å²) in [6.07, 6.45) is 3.51. The molecule has 15 heteroatoms. The van der Waals surface area contributed by atoms with Crippen LogP contribution in [0.3, 0.4) is 0 Å². The predicted molar refractivity (Wildman–Crippen MR) is 194 cm³/mol. The molecule has 2 aromatic rings. The Morgan fingerprint density at radius 1 is 0.906 bits per heavy atom. The van der Waals surface area contributed by atoms with Gasteiger partial charge in [-0.25, -0.2) is 0 Å². The molecule has 9 atom stereocenters. The largest absolute Gasteiger partial charge is 0.507 e. The van der Waals surface area contributed by atoms with Gasteiger partial charge in [-0.2, -0.15) is 0 Å². The van der Waals surface area contributed by atoms with Gasteiger partial charge >= 0.3 is 11.8 Å². The highest BCUT2D eigenvalue weighted by Gasteiger charge is 2.50. The number of phenols is 4. The minimum Gasteiger partial charge on any atom is -0.507 e. The van der Waals surface area contributed by atoms with E-state index in [1.807, 2.05) is 0 Å². The molecular weight excluding hydrogens is 692 g/mol. The maximum Gasteiger partial charge on any atom is 0.312 e. The quantitative estimate of drug-likeness (QED) is 0.0306. The van der Waals surface area contributed by atoms with Crippen molar-refractivity contribution in [1.82, 2.24) is 0 Å². The number of hydrogen-bond acceptors (Lipinski definition) is 14. The Morgan fingerprint density at radius 3 is 2.08 bits per heavy atom. The van der Waals surface area contributed by atoms with Gasteiger partial charge in [-0.15, -0.1) is 0 Å². The fourth-order valence-corrected chi connectivity index (χ4v) is 6.63. The Morgan fingerprint density at radius 2 is 1.53 bits per heavy atom. The third-order valence-electron chi connectivity index (χ3n) is 10.1. The Balaban J connectivity index is 1.87. The van der Waals surface area contributed by atoms with E-state index >= 15 is 0 Å². The summed E-state index contributed by atoms with van der Waals surface area (Å²) in [6.45, 7) is 11.9. The number of amides is 1. The van der Waals surface area contributed by atoms with E-state index in [4.69, 9.17) is 30.4 Å². The summed E-state index contributed by atoms with van der Waals surface area (Å²) >= 11 is 0. The van der Waals surface area contributed by atoms with Gasteiger partial charge < -0.3 is 61.1 Å². The molecule has 0 radical (unpaired) electrons. The number of aromatic hydroxyl groups is 4. The molecule has 0 aliphatic carbocycles. The first-order chi connectivity index (χ1) is 24.7. The van der Waals surface area contributed by atoms with Gasteiger partial charge in [0.1, 0.15) is 23.4 Å². The topological polar surface area (TPSA) is 262 Å². The Bertz CT molecular complexity index is 1820. The summed E-state index contributed by atoms with van der Waals surface area (Å²) in [5.74, 6) is -9.23. The summed E-state index contributed by atoms with van der Waals surface area (Å²) in [7, 11) is 1.40. The summed E-state index contributed by atoms with van der Waals surface area (Å²) in [6, 6.07) is 0. The van der Waals surface area contributed by atoms with Crippen molar-refractivity contribution < 1.29 is 64.0 Å². The van der Waals surface area contributed by atoms with Crippen LogP contribution in [0.25, 0.3) is 10.8 Å². The van der Waals surface area contributed by atoms with Crippen LogP contribution < -0.4 is 16.2 Å². The number of ether oxygens (including phenoxy) is 4. The van der Waals surface area contributed by atoms with Gasteiger partial charge in [0.15, 0.2) is 11.5 Å². The van der Waals surface area contributed by atoms with E-state index in [0.717, 1.165) is 6.26 Å². The second-order valence-corrected chi connectivity index (χ2v) is 13.8. The molecule has 1 aliphatic rings. The number of methoxy groups -OCH3 is 1. The highest BCUT2D eigenvalue weighted by atomic mass is 16.7. The number of hydrogen-bond donors (Lipinski definition) is 8. The van der Waals surface area contributed by atoms with Crippen molar-refractivity contribution in [3.63, 3.8) is 0 Å². The molecule has 292 valence electrons. The van der Waals surface area contributed by atoms with Gasteiger partial charge in [-0.3, -0.25) is 14.4 Å². The van der Waals surface area contributed by atoms with Gasteiger partial charge in [0, 0.05) is 67.7 Å². The number of rotatable bonds is 16. The molecule has 1 amide bonds. The van der Waals surface area contributed by atoms with Gasteiger partial charge in [0.05, 0.1) is 41.1 Å². The van der Waals surface area contributed by atoms with E-state index in [0.29, 0.717) is 5.57 Å². The Labute approximate surface area is 308 Å². The number of Topliss-reactive ketones (excluding diaryl/α,β-unsaturated/α-hetero) is 1. The molecule has 0 aromatic heterocycles. The lowest BCUT2D eigenvalue weighted by Crippen LogP contribution is -2.46. The number of benzene rings is 2. The predicted octanol–water partition coefficient (Wildman–Crippen LogP) is 3.45. The monoisotopic (exact) mass is 744 g/mol. The van der Waals surface area contributed by atoms with E-state index in [9.17, 15) is 45.0 Å². The van der Waals surface area contributed by atoms with Gasteiger partial charge in [0.2, 0.25) is 5.91 Å². The second kappa shape index (κ2) is 16.9. The van der Waals surface area contributed by atoms with Gasteiger partial charge in [0.25, 0.3) is 5.78 Å². The summed E-state index contributed by atoms with van der Waals surface area (Å²) < 4.78 is 23.1. The molecule has 0 fully saturated rings. The van der Waals surface area contributed by atoms with Crippen LogP contribution >= 0.6 is 0 Å². The average molecular weight is 745 g/mol. The van der Waals surface area contributed by atoms with Crippen LogP contribution in [0.4, 0.5) is 0 Å². The number of aliphatic hydroxyl groups excluding tert-OH is 2. The molecule has 0 spiro atoms. The van der Waals surface area contributed by atoms with Crippen LogP contribution in [0.2, 0.25) is 0 Å². The standard InChI is InChI=1S/C38H52N2O13/c1-16(11-10-12-17(2)37(40)49)28(42)19(4)29(43)20(5)34(52-22(7)41)18(3)24(50-9)13-14-51-38(8)36(48)27-25-26(30(44)21(6)35(27)53-38)33(47)32(46)23(15-39)31(25)45/h10-14,16,18-20,24,28-29,34,42-47H,15,39H2,1-9H3,(H2,40,49)/b11-10+,14-13+,17-12+/t16-,18+,19+,20+,24-,28-,29+,34+,38-/m0/s1. The van der Waals surface area contributed by atoms with Crippen molar-refractivity contribution in [1.29, 1.82) is 0 Å². The number of ketones is 1. The summed E-state index contributed by atoms with van der Waals surface area (Å²) in [5.41, 5.74) is 10.8. The van der Waals surface area contributed by atoms with Crippen molar-refractivity contribution in [3.8, 4) is 28.7 Å². The second-order valence-electron chi connectivity index (χ2n) is 13.8. The lowest BCUT2D eigenvalue weighted by molar-refractivity contribution is -0.160. The summed E-state index contributed by atoms with van der Waals surface area (Å²) in [4.78, 5) is 37.4. The molecule has 15 nitrogen and oxygen atoms in total. The first-order valence-electron chi connectivity index (χ1n) is 17.1. The third kappa shape index (κ3) is 8.38. The number of allylic oxidation sites excluding steroid dienone is 2. The SMILES string of the molecule is CO[C@@H](/C=C/O[C@@]1(C)Oc2c(C)c(O)c3c(O)c(O)c(CN)c(O)c3c2C1=O)[C@@H](C)[C@@H](OC(C)=O)[C@H](C)[C@H](O)[C@H](C)[C@@H](O)[C@@H](C)/C=C/C=C(\C)C(N)=O. The third-order valence-corrected chi connectivity index (χ3v) is 10.1. The maximum absolute atomic E-state index is 13.9. The van der Waals surface area contributed by atoms with Crippen LogP contribution in [0.5, 0.6) is 28.7 Å². The van der Waals surface area contributed by atoms with Crippen molar-refractivity contribution in [2.75, 3.05) is 7.11 Å². The minimum absolute atomic E-state index is 0.0340. The lowest BCUT2D eigenvalue weighted by Gasteiger charge is -2.38. The smallest absolute Gasteiger partial charge is 0.312 e. The molecule has 0 saturated heterocycles. The Kier molecular flexibility index (Phi) is 13.6. The zero-order valence-electron chi connectivity index (χ0n) is 31.4. The average Bonchev–Trinajstić information content (AvgIpc) is 3.37. The molecule has 0 unspecified atom stereocenters. The van der Waals surface area contributed by atoms with Crippen LogP contribution in [0.1, 0.15) is 70.0 Å². The molecule has 2 aromatic carbocycles. The molecule has 53 heavy (non-hydrogen) atoms. The van der Waals surface area contributed by atoms with Crippen LogP contribution in [0.15, 0.2) is 36.1 Å². The number of phenolic OH excluding ortho intramolecular Hbond substituents is 4. The van der Waals surface area contributed by atoms with Gasteiger partial charge in [-0.05, 0) is 19.9 Å². The molecule has 1 aliphatic heterocycles. The number of aliphatic hydroxyl groups is 2. The number of carbonyl (C=O) groups is 3. The van der Waals surface area contributed by atoms with Crippen LogP contribution in [-0.2, 0) is 30.3 Å². The van der Waals surface area contributed by atoms with E-state index in [1.165, 1.54) is 40.0 Å². The molecule has 0 bridgehead atoms. The number of fused-ring (bicyclic) bond motifs is 3. The van der Waals surface area contributed by atoms with Crippen LogP contribution in [-0.4, -0.2) is 85.6 Å². The first-order valence-corrected chi connectivity index (χ1v) is 17.1. The number of nitrogens with two attached hydrogens (primary N) is 2. The minimum atomic E-state index is -2.03. The normalized spacial score (nSPS) is 20.8. The molecule has 0 saturated carbocycles. The van der Waals surface area contributed by atoms with E-state index in [1.54, 1.807) is 46.8 Å². The summed E-state index contributed by atoms with van der Waals surface area (Å²) in [5, 5.41) is 64.8. The number of carbonyl (C=O) groups excluding carboxylic acids is 3. The van der Waals surface area contributed by atoms with Crippen molar-refractivity contribution in [2.24, 2.45) is 35.1 Å².